The number of hydrogen-bond donors (Lipinski definition) is 2. The van der Waals surface area contributed by atoms with Crippen LogP contribution in [0, 0.1) is 0 Å². The summed E-state index contributed by atoms with van der Waals surface area (Å²) in [4.78, 5) is 25.4. The Hall–Kier alpha value is -2.56. The Kier molecular flexibility index (Phi) is 3.43. The minimum absolute atomic E-state index is 0.322. The van der Waals surface area contributed by atoms with Crippen molar-refractivity contribution in [2.24, 2.45) is 0 Å². The van der Waals surface area contributed by atoms with Crippen LogP contribution in [-0.4, -0.2) is 9.55 Å². The van der Waals surface area contributed by atoms with Gasteiger partial charge in [-0.1, -0.05) is 24.3 Å². The van der Waals surface area contributed by atoms with E-state index >= 15 is 0 Å². The highest BCUT2D eigenvalue weighted by Gasteiger charge is 2.03. The van der Waals surface area contributed by atoms with Gasteiger partial charge in [-0.3, -0.25) is 14.3 Å². The molecular formula is C13H13N3O2. The molecule has 0 amide bonds. The molecule has 2 aromatic rings. The van der Waals surface area contributed by atoms with Crippen molar-refractivity contribution in [3.8, 4) is 0 Å². The number of para-hydroxylation sites is 1. The number of anilines is 2. The number of nitrogens with one attached hydrogen (secondary N) is 2. The van der Waals surface area contributed by atoms with E-state index < -0.39 is 11.2 Å². The predicted molar refractivity (Wildman–Crippen MR) is 71.2 cm³/mol. The molecule has 0 radical (unpaired) electrons. The minimum Gasteiger partial charge on any atom is -0.350 e. The zero-order valence-electron chi connectivity index (χ0n) is 9.72. The first-order valence-corrected chi connectivity index (χ1v) is 5.47. The minimum atomic E-state index is -0.446. The van der Waals surface area contributed by atoms with Gasteiger partial charge in [0.25, 0.3) is 5.56 Å². The number of aromatic nitrogens is 2. The summed E-state index contributed by atoms with van der Waals surface area (Å²) in [6.45, 7) is 3.91. The van der Waals surface area contributed by atoms with Crippen LogP contribution < -0.4 is 16.6 Å². The average Bonchev–Trinajstić information content (AvgIpc) is 2.37. The average molecular weight is 243 g/mol. The number of H-pyrrole nitrogens is 1. The van der Waals surface area contributed by atoms with Gasteiger partial charge in [-0.15, -0.1) is 6.58 Å². The molecule has 2 N–H and O–H groups in total. The van der Waals surface area contributed by atoms with E-state index in [2.05, 4.69) is 16.9 Å². The Labute approximate surface area is 103 Å². The van der Waals surface area contributed by atoms with Crippen molar-refractivity contribution >= 4 is 11.4 Å². The Morgan fingerprint density at radius 1 is 1.28 bits per heavy atom. The monoisotopic (exact) mass is 243 g/mol. The van der Waals surface area contributed by atoms with Crippen molar-refractivity contribution in [3.05, 3.63) is 70.0 Å². The number of allylic oxidation sites excluding steroid dienone is 1. The summed E-state index contributed by atoms with van der Waals surface area (Å²) in [5.74, 6) is 0. The second kappa shape index (κ2) is 5.18. The second-order valence-corrected chi connectivity index (χ2v) is 3.73. The fraction of sp³-hybridized carbons (Fsp3) is 0.0769. The number of rotatable bonds is 4. The zero-order chi connectivity index (χ0) is 13.0. The molecule has 18 heavy (non-hydrogen) atoms. The summed E-state index contributed by atoms with van der Waals surface area (Å²) in [5, 5.41) is 2.96. The quantitative estimate of drug-likeness (QED) is 0.799. The van der Waals surface area contributed by atoms with Crippen molar-refractivity contribution in [1.29, 1.82) is 0 Å². The van der Waals surface area contributed by atoms with Crippen LogP contribution in [0.15, 0.2) is 58.8 Å². The summed E-state index contributed by atoms with van der Waals surface area (Å²) in [5.41, 5.74) is 0.220. The molecule has 0 unspecified atom stereocenters. The molecule has 0 aliphatic carbocycles. The van der Waals surface area contributed by atoms with E-state index in [1.807, 2.05) is 30.3 Å². The topological polar surface area (TPSA) is 66.9 Å². The van der Waals surface area contributed by atoms with Gasteiger partial charge in [0, 0.05) is 18.4 Å². The largest absolute Gasteiger partial charge is 0.350 e. The third-order valence-electron chi connectivity index (χ3n) is 2.39. The highest BCUT2D eigenvalue weighted by Crippen LogP contribution is 2.10. The normalized spacial score (nSPS) is 10.0. The first-order valence-electron chi connectivity index (χ1n) is 5.47. The number of benzene rings is 1. The van der Waals surface area contributed by atoms with Gasteiger partial charge in [0.1, 0.15) is 5.69 Å². The number of nitrogens with zero attached hydrogens (tertiary/aromatic N) is 1. The molecule has 5 nitrogen and oxygen atoms in total. The highest BCUT2D eigenvalue weighted by atomic mass is 16.2. The highest BCUT2D eigenvalue weighted by molar-refractivity contribution is 5.57. The Morgan fingerprint density at radius 3 is 2.67 bits per heavy atom. The molecule has 0 saturated heterocycles. The van der Waals surface area contributed by atoms with Gasteiger partial charge in [0.2, 0.25) is 0 Å². The first kappa shape index (κ1) is 11.9. The molecule has 1 aromatic carbocycles. The molecule has 92 valence electrons. The fourth-order valence-corrected chi connectivity index (χ4v) is 1.55. The molecule has 0 atom stereocenters. The molecule has 0 saturated carbocycles. The maximum absolute atomic E-state index is 11.6. The zero-order valence-corrected chi connectivity index (χ0v) is 9.72. The third-order valence-corrected chi connectivity index (χ3v) is 2.39. The van der Waals surface area contributed by atoms with Gasteiger partial charge < -0.3 is 5.32 Å². The maximum Gasteiger partial charge on any atom is 0.328 e. The van der Waals surface area contributed by atoms with Crippen molar-refractivity contribution in [3.63, 3.8) is 0 Å². The van der Waals surface area contributed by atoms with E-state index in [1.54, 1.807) is 6.08 Å². The maximum atomic E-state index is 11.6. The SMILES string of the molecule is C=CCn1cc(Nc2ccccc2)c(=O)[nH]c1=O. The standard InChI is InChI=1S/C13H13N3O2/c1-2-8-16-9-11(12(17)15-13(16)18)14-10-6-4-3-5-7-10/h2-7,9,14H,1,8H2,(H,15,17,18). The fourth-order valence-electron chi connectivity index (χ4n) is 1.55. The van der Waals surface area contributed by atoms with Crippen molar-refractivity contribution in [1.82, 2.24) is 9.55 Å². The van der Waals surface area contributed by atoms with Gasteiger partial charge in [0.15, 0.2) is 0 Å². The first-order chi connectivity index (χ1) is 8.70. The van der Waals surface area contributed by atoms with Crippen LogP contribution in [0.1, 0.15) is 0 Å². The van der Waals surface area contributed by atoms with Crippen molar-refractivity contribution < 1.29 is 0 Å². The number of hydrogen-bond acceptors (Lipinski definition) is 3. The molecule has 0 aliphatic heterocycles. The van der Waals surface area contributed by atoms with Gasteiger partial charge in [0.05, 0.1) is 0 Å². The smallest absolute Gasteiger partial charge is 0.328 e. The molecule has 0 bridgehead atoms. The molecule has 0 fully saturated rings. The van der Waals surface area contributed by atoms with E-state index in [9.17, 15) is 9.59 Å². The third kappa shape index (κ3) is 2.57. The van der Waals surface area contributed by atoms with Crippen LogP contribution in [0.25, 0.3) is 0 Å². The van der Waals surface area contributed by atoms with Crippen LogP contribution in [0.3, 0.4) is 0 Å². The lowest BCUT2D eigenvalue weighted by Gasteiger charge is -2.07. The molecule has 1 heterocycles. The summed E-state index contributed by atoms with van der Waals surface area (Å²) in [6, 6.07) is 9.27. The summed E-state index contributed by atoms with van der Waals surface area (Å²) >= 11 is 0. The van der Waals surface area contributed by atoms with Crippen LogP contribution in [0.4, 0.5) is 11.4 Å². The second-order valence-electron chi connectivity index (χ2n) is 3.73. The summed E-state index contributed by atoms with van der Waals surface area (Å²) in [6.07, 6.45) is 3.07. The van der Waals surface area contributed by atoms with Gasteiger partial charge in [-0.2, -0.15) is 0 Å². The van der Waals surface area contributed by atoms with Gasteiger partial charge >= 0.3 is 5.69 Å². The van der Waals surface area contributed by atoms with Crippen molar-refractivity contribution in [2.75, 3.05) is 5.32 Å². The predicted octanol–water partition coefficient (Wildman–Crippen LogP) is 1.47. The molecule has 0 spiro atoms. The number of aromatic amines is 1. The summed E-state index contributed by atoms with van der Waals surface area (Å²) < 4.78 is 1.37. The Bertz CT molecular complexity index is 656. The van der Waals surface area contributed by atoms with Gasteiger partial charge in [-0.05, 0) is 12.1 Å². The Balaban J connectivity index is 2.39. The van der Waals surface area contributed by atoms with Gasteiger partial charge in [-0.25, -0.2) is 4.79 Å². The molecule has 2 rings (SSSR count). The lowest BCUT2D eigenvalue weighted by Crippen LogP contribution is -2.30. The Morgan fingerprint density at radius 2 is 2.00 bits per heavy atom. The lowest BCUT2D eigenvalue weighted by molar-refractivity contribution is 0.739. The van der Waals surface area contributed by atoms with E-state index in [-0.39, 0.29) is 0 Å². The molecule has 5 heteroatoms. The molecule has 0 aliphatic rings. The lowest BCUT2D eigenvalue weighted by atomic mass is 10.3. The van der Waals surface area contributed by atoms with Crippen LogP contribution >= 0.6 is 0 Å². The summed E-state index contributed by atoms with van der Waals surface area (Å²) in [7, 11) is 0. The van der Waals surface area contributed by atoms with E-state index in [0.717, 1.165) is 5.69 Å². The van der Waals surface area contributed by atoms with Crippen LogP contribution in [0.2, 0.25) is 0 Å². The van der Waals surface area contributed by atoms with Crippen LogP contribution in [0.5, 0.6) is 0 Å². The molecule has 1 aromatic heterocycles. The van der Waals surface area contributed by atoms with Crippen LogP contribution in [-0.2, 0) is 6.54 Å². The van der Waals surface area contributed by atoms with Crippen molar-refractivity contribution in [2.45, 2.75) is 6.54 Å². The van der Waals surface area contributed by atoms with E-state index in [1.165, 1.54) is 10.8 Å². The molecular weight excluding hydrogens is 230 g/mol. The van der Waals surface area contributed by atoms with E-state index in [4.69, 9.17) is 0 Å². The van der Waals surface area contributed by atoms with E-state index in [0.29, 0.717) is 12.2 Å².